The summed E-state index contributed by atoms with van der Waals surface area (Å²) < 4.78 is 12.3. The molecule has 0 aliphatic heterocycles. The van der Waals surface area contributed by atoms with Crippen molar-refractivity contribution in [1.29, 1.82) is 0 Å². The van der Waals surface area contributed by atoms with Gasteiger partial charge in [-0.1, -0.05) is 60.7 Å². The molecule has 0 aliphatic rings. The van der Waals surface area contributed by atoms with E-state index < -0.39 is 22.7 Å². The summed E-state index contributed by atoms with van der Waals surface area (Å²) in [5, 5.41) is 4.83. The number of amides is 2. The first-order valence-corrected chi connectivity index (χ1v) is 10.3. The van der Waals surface area contributed by atoms with Gasteiger partial charge in [0.1, 0.15) is 6.04 Å². The van der Waals surface area contributed by atoms with E-state index in [1.54, 1.807) is 12.1 Å². The van der Waals surface area contributed by atoms with E-state index in [2.05, 4.69) is 5.32 Å². The number of nitrogens with one attached hydrogen (secondary N) is 1. The predicted molar refractivity (Wildman–Crippen MR) is 111 cm³/mol. The number of fused-ring (bicyclic) bond motifs is 1. The quantitative estimate of drug-likeness (QED) is 0.615. The van der Waals surface area contributed by atoms with Crippen LogP contribution in [0.1, 0.15) is 12.0 Å². The second kappa shape index (κ2) is 9.28. The van der Waals surface area contributed by atoms with E-state index in [0.29, 0.717) is 4.90 Å². The Morgan fingerprint density at radius 1 is 0.929 bits per heavy atom. The molecule has 5 nitrogen and oxygen atoms in total. The molecule has 2 amide bonds. The maximum atomic E-state index is 12.4. The second-order valence-corrected chi connectivity index (χ2v) is 8.10. The third-order valence-corrected chi connectivity index (χ3v) is 5.86. The summed E-state index contributed by atoms with van der Waals surface area (Å²) in [5.74, 6) is -0.671. The van der Waals surface area contributed by atoms with Gasteiger partial charge >= 0.3 is 0 Å². The molecule has 0 bridgehead atoms. The van der Waals surface area contributed by atoms with Crippen LogP contribution in [0.5, 0.6) is 0 Å². The first-order valence-electron chi connectivity index (χ1n) is 9.03. The van der Waals surface area contributed by atoms with E-state index in [1.165, 1.54) is 0 Å². The Morgan fingerprint density at radius 3 is 2.32 bits per heavy atom. The van der Waals surface area contributed by atoms with Gasteiger partial charge in [0.05, 0.1) is 17.2 Å². The highest BCUT2D eigenvalue weighted by molar-refractivity contribution is 7.85. The van der Waals surface area contributed by atoms with Crippen LogP contribution in [0.15, 0.2) is 77.7 Å². The molecule has 0 heterocycles. The molecule has 0 saturated carbocycles. The number of benzene rings is 3. The molecular formula is C22H22N2O3S. The van der Waals surface area contributed by atoms with Gasteiger partial charge in [-0.3, -0.25) is 13.8 Å². The summed E-state index contributed by atoms with van der Waals surface area (Å²) in [5.41, 5.74) is 6.28. The molecule has 0 fully saturated rings. The normalized spacial score (nSPS) is 13.0. The first-order chi connectivity index (χ1) is 13.5. The Balaban J connectivity index is 1.59. The van der Waals surface area contributed by atoms with Crippen LogP contribution >= 0.6 is 0 Å². The van der Waals surface area contributed by atoms with Gasteiger partial charge < -0.3 is 11.1 Å². The van der Waals surface area contributed by atoms with Crippen molar-refractivity contribution in [1.82, 2.24) is 5.32 Å². The third kappa shape index (κ3) is 5.27. The van der Waals surface area contributed by atoms with Crippen LogP contribution in [0.4, 0.5) is 0 Å². The van der Waals surface area contributed by atoms with Crippen molar-refractivity contribution < 1.29 is 13.8 Å². The lowest BCUT2D eigenvalue weighted by Crippen LogP contribution is -2.45. The maximum Gasteiger partial charge on any atom is 0.240 e. The summed E-state index contributed by atoms with van der Waals surface area (Å²) in [4.78, 5) is 24.8. The number of hydrogen-bond acceptors (Lipinski definition) is 3. The average Bonchev–Trinajstić information content (AvgIpc) is 2.71. The number of primary amides is 1. The fraction of sp³-hybridized carbons (Fsp3) is 0.182. The van der Waals surface area contributed by atoms with Gasteiger partial charge in [0.2, 0.25) is 11.8 Å². The third-order valence-electron chi connectivity index (χ3n) is 4.46. The standard InChI is InChI=1S/C22H22N2O3S/c23-22(26)20(12-13-28(27)19-8-2-1-3-9-19)24-21(25)15-16-10-11-17-6-4-5-7-18(17)14-16/h1-11,14,20H,12-13,15H2,(H2,23,26)(H,24,25)/t20-,28+/m0/s1. The van der Waals surface area contributed by atoms with Crippen LogP contribution in [-0.2, 0) is 26.8 Å². The molecule has 28 heavy (non-hydrogen) atoms. The molecule has 6 heteroatoms. The molecular weight excluding hydrogens is 372 g/mol. The van der Waals surface area contributed by atoms with Crippen LogP contribution in [-0.4, -0.2) is 27.8 Å². The van der Waals surface area contributed by atoms with Crippen LogP contribution in [0, 0.1) is 0 Å². The highest BCUT2D eigenvalue weighted by Gasteiger charge is 2.19. The molecule has 0 saturated heterocycles. The van der Waals surface area contributed by atoms with E-state index in [0.717, 1.165) is 16.3 Å². The zero-order valence-electron chi connectivity index (χ0n) is 15.3. The molecule has 144 valence electrons. The molecule has 0 unspecified atom stereocenters. The van der Waals surface area contributed by atoms with E-state index in [1.807, 2.05) is 60.7 Å². The lowest BCUT2D eigenvalue weighted by molar-refractivity contribution is -0.127. The minimum atomic E-state index is -1.25. The van der Waals surface area contributed by atoms with Gasteiger partial charge in [0.15, 0.2) is 0 Å². The van der Waals surface area contributed by atoms with Crippen molar-refractivity contribution in [3.63, 3.8) is 0 Å². The van der Waals surface area contributed by atoms with E-state index in [4.69, 9.17) is 5.73 Å². The van der Waals surface area contributed by atoms with E-state index >= 15 is 0 Å². The number of hydrogen-bond donors (Lipinski definition) is 2. The lowest BCUT2D eigenvalue weighted by Gasteiger charge is -2.15. The van der Waals surface area contributed by atoms with Gasteiger partial charge in [-0.2, -0.15) is 0 Å². The Kier molecular flexibility index (Phi) is 6.55. The minimum absolute atomic E-state index is 0.149. The number of carbonyl (C=O) groups excluding carboxylic acids is 2. The van der Waals surface area contributed by atoms with Crippen molar-refractivity contribution in [2.45, 2.75) is 23.8 Å². The number of rotatable bonds is 8. The molecule has 0 aromatic heterocycles. The Bertz CT molecular complexity index is 1000. The smallest absolute Gasteiger partial charge is 0.240 e. The Morgan fingerprint density at radius 2 is 1.61 bits per heavy atom. The monoisotopic (exact) mass is 394 g/mol. The number of carbonyl (C=O) groups is 2. The molecule has 2 atom stereocenters. The van der Waals surface area contributed by atoms with Crippen molar-refractivity contribution >= 4 is 33.4 Å². The second-order valence-electron chi connectivity index (χ2n) is 6.53. The largest absolute Gasteiger partial charge is 0.368 e. The Hall–Kier alpha value is -2.99. The van der Waals surface area contributed by atoms with Gasteiger partial charge in [0, 0.05) is 10.6 Å². The van der Waals surface area contributed by atoms with Crippen LogP contribution < -0.4 is 11.1 Å². The molecule has 3 aromatic carbocycles. The van der Waals surface area contributed by atoms with E-state index in [-0.39, 0.29) is 24.5 Å². The fourth-order valence-electron chi connectivity index (χ4n) is 2.98. The van der Waals surface area contributed by atoms with Gasteiger partial charge in [-0.05, 0) is 34.9 Å². The zero-order valence-corrected chi connectivity index (χ0v) is 16.2. The highest BCUT2D eigenvalue weighted by atomic mass is 32.2. The number of nitrogens with two attached hydrogens (primary N) is 1. The predicted octanol–water partition coefficient (Wildman–Crippen LogP) is 2.55. The van der Waals surface area contributed by atoms with Crippen molar-refractivity contribution in [2.24, 2.45) is 5.73 Å². The van der Waals surface area contributed by atoms with Crippen molar-refractivity contribution in [3.05, 3.63) is 78.4 Å². The molecule has 0 spiro atoms. The topological polar surface area (TPSA) is 89.3 Å². The summed E-state index contributed by atoms with van der Waals surface area (Å²) >= 11 is 0. The van der Waals surface area contributed by atoms with Gasteiger partial charge in [0.25, 0.3) is 0 Å². The summed E-state index contributed by atoms with van der Waals surface area (Å²) in [6.07, 6.45) is 0.372. The molecule has 3 aromatic rings. The molecule has 0 radical (unpaired) electrons. The Labute approximate surface area is 166 Å². The van der Waals surface area contributed by atoms with Gasteiger partial charge in [-0.15, -0.1) is 0 Å². The van der Waals surface area contributed by atoms with Crippen LogP contribution in [0.3, 0.4) is 0 Å². The SMILES string of the molecule is NC(=O)[C@H](CC[S@@](=O)c1ccccc1)NC(=O)Cc1ccc2ccccc2c1. The average molecular weight is 394 g/mol. The van der Waals surface area contributed by atoms with Gasteiger partial charge in [-0.25, -0.2) is 0 Å². The first kappa shape index (κ1) is 19.8. The summed E-state index contributed by atoms with van der Waals surface area (Å²) in [6.45, 7) is 0. The van der Waals surface area contributed by atoms with Crippen molar-refractivity contribution in [2.75, 3.05) is 5.75 Å². The van der Waals surface area contributed by atoms with Crippen molar-refractivity contribution in [3.8, 4) is 0 Å². The summed E-state index contributed by atoms with van der Waals surface area (Å²) in [7, 11) is -1.25. The molecule has 0 aliphatic carbocycles. The van der Waals surface area contributed by atoms with Crippen LogP contribution in [0.25, 0.3) is 10.8 Å². The molecule has 3 N–H and O–H groups in total. The fourth-order valence-corrected chi connectivity index (χ4v) is 4.13. The minimum Gasteiger partial charge on any atom is -0.368 e. The van der Waals surface area contributed by atoms with E-state index in [9.17, 15) is 13.8 Å². The lowest BCUT2D eigenvalue weighted by atomic mass is 10.0. The van der Waals surface area contributed by atoms with Crippen LogP contribution in [0.2, 0.25) is 0 Å². The summed E-state index contributed by atoms with van der Waals surface area (Å²) in [6, 6.07) is 21.9. The maximum absolute atomic E-state index is 12.4. The zero-order chi connectivity index (χ0) is 19.9. The molecule has 3 rings (SSSR count). The highest BCUT2D eigenvalue weighted by Crippen LogP contribution is 2.16.